The molecule has 8 heteroatoms. The van der Waals surface area contributed by atoms with E-state index in [4.69, 9.17) is 16.3 Å². The number of nitrogens with one attached hydrogen (secondary N) is 1. The number of halogens is 2. The SMILES string of the molecule is COC(=O)c1cc(OCC(=O)NCc2ccc(Cl)cc2)c2cc(F)ccc2n1. The van der Waals surface area contributed by atoms with Crippen molar-refractivity contribution in [1.29, 1.82) is 0 Å². The van der Waals surface area contributed by atoms with E-state index in [2.05, 4.69) is 15.0 Å². The predicted molar refractivity (Wildman–Crippen MR) is 102 cm³/mol. The molecule has 3 aromatic rings. The first kappa shape index (κ1) is 19.6. The molecule has 0 radical (unpaired) electrons. The topological polar surface area (TPSA) is 77.5 Å². The van der Waals surface area contributed by atoms with E-state index in [1.807, 2.05) is 0 Å². The molecule has 1 aromatic heterocycles. The van der Waals surface area contributed by atoms with Gasteiger partial charge >= 0.3 is 5.97 Å². The van der Waals surface area contributed by atoms with Gasteiger partial charge in [-0.1, -0.05) is 23.7 Å². The second-order valence-corrected chi connectivity index (χ2v) is 6.29. The van der Waals surface area contributed by atoms with Crippen molar-refractivity contribution in [2.45, 2.75) is 6.54 Å². The Bertz CT molecular complexity index is 1020. The molecule has 3 rings (SSSR count). The number of ether oxygens (including phenoxy) is 2. The zero-order chi connectivity index (χ0) is 20.1. The van der Waals surface area contributed by atoms with Crippen LogP contribution in [0.1, 0.15) is 16.1 Å². The van der Waals surface area contributed by atoms with E-state index < -0.39 is 11.8 Å². The summed E-state index contributed by atoms with van der Waals surface area (Å²) < 4.78 is 23.8. The van der Waals surface area contributed by atoms with E-state index in [1.165, 1.54) is 31.4 Å². The number of aromatic nitrogens is 1. The Labute approximate surface area is 165 Å². The molecule has 0 bridgehead atoms. The molecule has 0 saturated carbocycles. The summed E-state index contributed by atoms with van der Waals surface area (Å²) >= 11 is 5.82. The van der Waals surface area contributed by atoms with Crippen LogP contribution in [0, 0.1) is 5.82 Å². The van der Waals surface area contributed by atoms with Crippen molar-refractivity contribution in [3.8, 4) is 5.75 Å². The third-order valence-corrected chi connectivity index (χ3v) is 4.14. The van der Waals surface area contributed by atoms with Gasteiger partial charge < -0.3 is 14.8 Å². The highest BCUT2D eigenvalue weighted by Gasteiger charge is 2.15. The number of nitrogens with zero attached hydrogens (tertiary/aromatic N) is 1. The maximum absolute atomic E-state index is 13.6. The number of rotatable bonds is 6. The van der Waals surface area contributed by atoms with Crippen LogP contribution in [-0.2, 0) is 16.1 Å². The Morgan fingerprint density at radius 3 is 2.61 bits per heavy atom. The summed E-state index contributed by atoms with van der Waals surface area (Å²) in [6.45, 7) is -0.0116. The second kappa shape index (κ2) is 8.67. The van der Waals surface area contributed by atoms with Gasteiger partial charge in [-0.05, 0) is 35.9 Å². The smallest absolute Gasteiger partial charge is 0.356 e. The molecular weight excluding hydrogens is 387 g/mol. The van der Waals surface area contributed by atoms with E-state index in [0.29, 0.717) is 22.5 Å². The number of fused-ring (bicyclic) bond motifs is 1. The highest BCUT2D eigenvalue weighted by Crippen LogP contribution is 2.26. The molecule has 28 heavy (non-hydrogen) atoms. The summed E-state index contributed by atoms with van der Waals surface area (Å²) in [5.74, 6) is -1.37. The minimum Gasteiger partial charge on any atom is -0.483 e. The van der Waals surface area contributed by atoms with Crippen LogP contribution in [0.5, 0.6) is 5.75 Å². The fourth-order valence-corrected chi connectivity index (χ4v) is 2.62. The van der Waals surface area contributed by atoms with Gasteiger partial charge in [0.25, 0.3) is 5.91 Å². The molecule has 1 heterocycles. The van der Waals surface area contributed by atoms with Crippen molar-refractivity contribution in [3.63, 3.8) is 0 Å². The molecule has 1 amide bonds. The van der Waals surface area contributed by atoms with Crippen molar-refractivity contribution >= 4 is 34.4 Å². The van der Waals surface area contributed by atoms with Gasteiger partial charge in [0.05, 0.1) is 12.6 Å². The van der Waals surface area contributed by atoms with Crippen LogP contribution in [-0.4, -0.2) is 30.6 Å². The lowest BCUT2D eigenvalue weighted by molar-refractivity contribution is -0.123. The molecule has 1 N–H and O–H groups in total. The maximum Gasteiger partial charge on any atom is 0.356 e. The summed E-state index contributed by atoms with van der Waals surface area (Å²) in [4.78, 5) is 28.0. The standard InChI is InChI=1S/C20H16ClFN2O4/c1-27-20(26)17-9-18(15-8-14(22)6-7-16(15)24-17)28-11-19(25)23-10-12-2-4-13(21)5-3-12/h2-9H,10-11H2,1H3,(H,23,25). The summed E-state index contributed by atoms with van der Waals surface area (Å²) in [6.07, 6.45) is 0. The zero-order valence-electron chi connectivity index (χ0n) is 14.9. The number of esters is 1. The first-order valence-corrected chi connectivity index (χ1v) is 8.66. The molecule has 2 aromatic carbocycles. The van der Waals surface area contributed by atoms with Gasteiger partial charge in [0.2, 0.25) is 0 Å². The summed E-state index contributed by atoms with van der Waals surface area (Å²) in [7, 11) is 1.23. The Morgan fingerprint density at radius 2 is 1.89 bits per heavy atom. The quantitative estimate of drug-likeness (QED) is 0.638. The third kappa shape index (κ3) is 4.75. The molecule has 144 valence electrons. The van der Waals surface area contributed by atoms with E-state index >= 15 is 0 Å². The third-order valence-electron chi connectivity index (χ3n) is 3.89. The van der Waals surface area contributed by atoms with E-state index in [9.17, 15) is 14.0 Å². The van der Waals surface area contributed by atoms with Gasteiger partial charge in [-0.25, -0.2) is 14.2 Å². The van der Waals surface area contributed by atoms with Crippen molar-refractivity contribution in [1.82, 2.24) is 10.3 Å². The van der Waals surface area contributed by atoms with E-state index in [1.54, 1.807) is 24.3 Å². The number of carbonyl (C=O) groups excluding carboxylic acids is 2. The lowest BCUT2D eigenvalue weighted by Gasteiger charge is -2.11. The second-order valence-electron chi connectivity index (χ2n) is 5.85. The number of amides is 1. The molecule has 0 aliphatic rings. The molecule has 0 atom stereocenters. The fraction of sp³-hybridized carbons (Fsp3) is 0.150. The van der Waals surface area contributed by atoms with Gasteiger partial charge in [0.15, 0.2) is 12.3 Å². The number of methoxy groups -OCH3 is 1. The lowest BCUT2D eigenvalue weighted by Crippen LogP contribution is -2.28. The van der Waals surface area contributed by atoms with Crippen LogP contribution in [0.3, 0.4) is 0 Å². The van der Waals surface area contributed by atoms with Gasteiger partial charge in [-0.15, -0.1) is 0 Å². The van der Waals surface area contributed by atoms with Gasteiger partial charge in [-0.3, -0.25) is 4.79 Å². The van der Waals surface area contributed by atoms with Crippen LogP contribution >= 0.6 is 11.6 Å². The van der Waals surface area contributed by atoms with Crippen molar-refractivity contribution in [2.75, 3.05) is 13.7 Å². The largest absolute Gasteiger partial charge is 0.483 e. The number of carbonyl (C=O) groups is 2. The maximum atomic E-state index is 13.6. The number of hydrogen-bond donors (Lipinski definition) is 1. The number of benzene rings is 2. The first-order valence-electron chi connectivity index (χ1n) is 8.29. The molecular formula is C20H16ClFN2O4. The number of pyridine rings is 1. The Kier molecular flexibility index (Phi) is 6.06. The Morgan fingerprint density at radius 1 is 1.14 bits per heavy atom. The van der Waals surface area contributed by atoms with Crippen LogP contribution < -0.4 is 10.1 Å². The highest BCUT2D eigenvalue weighted by atomic mass is 35.5. The molecule has 0 saturated heterocycles. The highest BCUT2D eigenvalue weighted by molar-refractivity contribution is 6.30. The van der Waals surface area contributed by atoms with E-state index in [0.717, 1.165) is 5.56 Å². The predicted octanol–water partition coefficient (Wildman–Crippen LogP) is 3.51. The summed E-state index contributed by atoms with van der Waals surface area (Å²) in [5, 5.41) is 3.66. The molecule has 0 fully saturated rings. The van der Waals surface area contributed by atoms with Crippen molar-refractivity contribution < 1.29 is 23.5 Å². The van der Waals surface area contributed by atoms with Crippen molar-refractivity contribution in [2.24, 2.45) is 0 Å². The molecule has 0 aliphatic carbocycles. The normalized spacial score (nSPS) is 10.5. The van der Waals surface area contributed by atoms with Gasteiger partial charge in [0, 0.05) is 23.0 Å². The van der Waals surface area contributed by atoms with Crippen LogP contribution in [0.15, 0.2) is 48.5 Å². The summed E-state index contributed by atoms with van der Waals surface area (Å²) in [5.41, 5.74) is 1.22. The van der Waals surface area contributed by atoms with Crippen LogP contribution in [0.2, 0.25) is 5.02 Å². The molecule has 0 aliphatic heterocycles. The average Bonchev–Trinajstić information content (AvgIpc) is 2.70. The molecule has 0 unspecified atom stereocenters. The minimum absolute atomic E-state index is 0.00168. The summed E-state index contributed by atoms with van der Waals surface area (Å²) in [6, 6.07) is 12.2. The zero-order valence-corrected chi connectivity index (χ0v) is 15.6. The average molecular weight is 403 g/mol. The van der Waals surface area contributed by atoms with Crippen molar-refractivity contribution in [3.05, 3.63) is 70.6 Å². The first-order chi connectivity index (χ1) is 13.5. The fourth-order valence-electron chi connectivity index (χ4n) is 2.49. The lowest BCUT2D eigenvalue weighted by atomic mass is 10.1. The number of hydrogen-bond acceptors (Lipinski definition) is 5. The molecule has 0 spiro atoms. The Balaban J connectivity index is 1.73. The van der Waals surface area contributed by atoms with Crippen LogP contribution in [0.25, 0.3) is 10.9 Å². The Hall–Kier alpha value is -3.19. The van der Waals surface area contributed by atoms with Crippen LogP contribution in [0.4, 0.5) is 4.39 Å². The van der Waals surface area contributed by atoms with Gasteiger partial charge in [0.1, 0.15) is 11.6 Å². The molecule has 6 nitrogen and oxygen atoms in total. The minimum atomic E-state index is -0.664. The van der Waals surface area contributed by atoms with Gasteiger partial charge in [-0.2, -0.15) is 0 Å². The van der Waals surface area contributed by atoms with E-state index in [-0.39, 0.29) is 24.0 Å². The monoisotopic (exact) mass is 402 g/mol.